The number of carbonyl (C=O) groups is 1. The third kappa shape index (κ3) is 1.08. The average Bonchev–Trinajstić information content (AvgIpc) is 2.86. The predicted octanol–water partition coefficient (Wildman–Crippen LogP) is 2.09. The molecule has 3 atom stereocenters. The third-order valence-corrected chi connectivity index (χ3v) is 3.87. The van der Waals surface area contributed by atoms with Gasteiger partial charge in [0.1, 0.15) is 0 Å². The van der Waals surface area contributed by atoms with Crippen molar-refractivity contribution >= 4 is 6.09 Å². The minimum Gasteiger partial charge on any atom is -0.465 e. The van der Waals surface area contributed by atoms with Crippen LogP contribution in [-0.2, 0) is 0 Å². The van der Waals surface area contributed by atoms with E-state index in [4.69, 9.17) is 5.11 Å². The van der Waals surface area contributed by atoms with Gasteiger partial charge in [0.2, 0.25) is 0 Å². The summed E-state index contributed by atoms with van der Waals surface area (Å²) in [6.45, 7) is 0. The molecular weight excluding hydrogens is 178 g/mol. The molecule has 0 heterocycles. The van der Waals surface area contributed by atoms with E-state index < -0.39 is 6.09 Å². The van der Waals surface area contributed by atoms with E-state index in [9.17, 15) is 4.79 Å². The zero-order chi connectivity index (χ0) is 9.71. The molecule has 1 N–H and O–H groups in total. The van der Waals surface area contributed by atoms with Gasteiger partial charge in [-0.25, -0.2) is 4.79 Å². The first-order valence-electron chi connectivity index (χ1n) is 5.45. The van der Waals surface area contributed by atoms with Gasteiger partial charge in [-0.15, -0.1) is 0 Å². The zero-order valence-electron chi connectivity index (χ0n) is 8.10. The Kier molecular flexibility index (Phi) is 1.64. The van der Waals surface area contributed by atoms with Gasteiger partial charge >= 0.3 is 6.09 Å². The first-order valence-corrected chi connectivity index (χ1v) is 5.45. The van der Waals surface area contributed by atoms with Crippen LogP contribution in [0.15, 0.2) is 12.2 Å². The molecule has 0 unspecified atom stereocenters. The largest absolute Gasteiger partial charge is 0.465 e. The highest BCUT2D eigenvalue weighted by Crippen LogP contribution is 2.48. The number of hydrogen-bond acceptors (Lipinski definition) is 1. The molecule has 0 aliphatic heterocycles. The summed E-state index contributed by atoms with van der Waals surface area (Å²) in [4.78, 5) is 12.8. The molecule has 3 heteroatoms. The summed E-state index contributed by atoms with van der Waals surface area (Å²) in [5, 5.41) is 9.14. The Labute approximate surface area is 83.4 Å². The molecule has 3 nitrogen and oxygen atoms in total. The first kappa shape index (κ1) is 8.33. The first-order chi connectivity index (χ1) is 6.77. The van der Waals surface area contributed by atoms with E-state index >= 15 is 0 Å². The summed E-state index contributed by atoms with van der Waals surface area (Å²) in [6, 6.07) is 0.666. The molecule has 1 amide bonds. The predicted molar refractivity (Wildman–Crippen MR) is 52.0 cm³/mol. The fourth-order valence-corrected chi connectivity index (χ4v) is 2.92. The second kappa shape index (κ2) is 2.75. The van der Waals surface area contributed by atoms with E-state index in [0.29, 0.717) is 23.9 Å². The lowest BCUT2D eigenvalue weighted by molar-refractivity contribution is 0.0324. The maximum absolute atomic E-state index is 11.1. The maximum atomic E-state index is 11.1. The standard InChI is InChI=1S/C11H15NO2/c13-11(14)12(8-4-5-8)10-6-7-2-1-3-9(7)10/h1-2,7-10H,3-6H2,(H,13,14)/t7-,9-,10+/m1/s1. The molecule has 14 heavy (non-hydrogen) atoms. The topological polar surface area (TPSA) is 40.5 Å². The Balaban J connectivity index is 1.72. The molecule has 0 aromatic rings. The number of hydrogen-bond donors (Lipinski definition) is 1. The van der Waals surface area contributed by atoms with E-state index in [2.05, 4.69) is 12.2 Å². The van der Waals surface area contributed by atoms with Crippen molar-refractivity contribution in [3.05, 3.63) is 12.2 Å². The highest BCUT2D eigenvalue weighted by atomic mass is 16.4. The minimum absolute atomic E-state index is 0.319. The molecule has 0 aromatic carbocycles. The molecule has 3 aliphatic rings. The molecule has 76 valence electrons. The van der Waals surface area contributed by atoms with Crippen LogP contribution in [-0.4, -0.2) is 28.2 Å². The van der Waals surface area contributed by atoms with Gasteiger partial charge in [0.05, 0.1) is 0 Å². The fourth-order valence-electron chi connectivity index (χ4n) is 2.92. The number of nitrogens with zero attached hydrogens (tertiary/aromatic N) is 1. The van der Waals surface area contributed by atoms with Gasteiger partial charge in [0.15, 0.2) is 0 Å². The second-order valence-corrected chi connectivity index (χ2v) is 4.72. The number of amides is 1. The van der Waals surface area contributed by atoms with Crippen molar-refractivity contribution in [1.29, 1.82) is 0 Å². The van der Waals surface area contributed by atoms with E-state index in [1.54, 1.807) is 4.90 Å². The highest BCUT2D eigenvalue weighted by molar-refractivity contribution is 5.66. The normalized spacial score (nSPS) is 39.0. The van der Waals surface area contributed by atoms with Crippen LogP contribution in [0.1, 0.15) is 25.7 Å². The molecule has 0 saturated heterocycles. The van der Waals surface area contributed by atoms with E-state index in [0.717, 1.165) is 25.7 Å². The molecular formula is C11H15NO2. The number of rotatable bonds is 2. The van der Waals surface area contributed by atoms with Crippen LogP contribution in [0.3, 0.4) is 0 Å². The van der Waals surface area contributed by atoms with Crippen molar-refractivity contribution in [2.24, 2.45) is 11.8 Å². The molecule has 2 saturated carbocycles. The maximum Gasteiger partial charge on any atom is 0.407 e. The highest BCUT2D eigenvalue weighted by Gasteiger charge is 2.49. The number of fused-ring (bicyclic) bond motifs is 1. The van der Waals surface area contributed by atoms with Gasteiger partial charge < -0.3 is 10.0 Å². The molecule has 0 bridgehead atoms. The van der Waals surface area contributed by atoms with Crippen LogP contribution in [0, 0.1) is 11.8 Å². The molecule has 3 aliphatic carbocycles. The summed E-state index contributed by atoms with van der Waals surface area (Å²) in [5.41, 5.74) is 0. The molecule has 2 fully saturated rings. The van der Waals surface area contributed by atoms with Gasteiger partial charge in [0, 0.05) is 12.1 Å². The van der Waals surface area contributed by atoms with Gasteiger partial charge in [-0.2, -0.15) is 0 Å². The lowest BCUT2D eigenvalue weighted by Gasteiger charge is -2.46. The monoisotopic (exact) mass is 193 g/mol. The van der Waals surface area contributed by atoms with Gasteiger partial charge in [-0.05, 0) is 37.5 Å². The summed E-state index contributed by atoms with van der Waals surface area (Å²) in [5.74, 6) is 1.28. The van der Waals surface area contributed by atoms with Crippen LogP contribution in [0.4, 0.5) is 4.79 Å². The van der Waals surface area contributed by atoms with E-state index in [1.165, 1.54) is 0 Å². The third-order valence-electron chi connectivity index (χ3n) is 3.87. The van der Waals surface area contributed by atoms with Crippen molar-refractivity contribution in [3.63, 3.8) is 0 Å². The van der Waals surface area contributed by atoms with Crippen LogP contribution in [0.5, 0.6) is 0 Å². The molecule has 0 aromatic heterocycles. The minimum atomic E-state index is -0.706. The smallest absolute Gasteiger partial charge is 0.407 e. The van der Waals surface area contributed by atoms with Crippen LogP contribution in [0.25, 0.3) is 0 Å². The zero-order valence-corrected chi connectivity index (χ0v) is 8.10. The molecule has 0 spiro atoms. The quantitative estimate of drug-likeness (QED) is 0.682. The van der Waals surface area contributed by atoms with E-state index in [-0.39, 0.29) is 0 Å². The van der Waals surface area contributed by atoms with Crippen molar-refractivity contribution in [1.82, 2.24) is 4.90 Å². The van der Waals surface area contributed by atoms with Crippen molar-refractivity contribution < 1.29 is 9.90 Å². The summed E-state index contributed by atoms with van der Waals surface area (Å²) >= 11 is 0. The molecule has 0 radical (unpaired) electrons. The Morgan fingerprint density at radius 2 is 2.21 bits per heavy atom. The Morgan fingerprint density at radius 3 is 2.79 bits per heavy atom. The van der Waals surface area contributed by atoms with Crippen molar-refractivity contribution in [2.75, 3.05) is 0 Å². The van der Waals surface area contributed by atoms with Crippen LogP contribution in [0.2, 0.25) is 0 Å². The fraction of sp³-hybridized carbons (Fsp3) is 0.727. The number of allylic oxidation sites excluding steroid dienone is 2. The SMILES string of the molecule is O=C(O)N(C1CC1)[C@H]1C[C@H]2C=CC[C@H]21. The Hall–Kier alpha value is -0.990. The van der Waals surface area contributed by atoms with E-state index in [1.807, 2.05) is 0 Å². The van der Waals surface area contributed by atoms with Crippen molar-refractivity contribution in [2.45, 2.75) is 37.8 Å². The summed E-state index contributed by atoms with van der Waals surface area (Å²) in [6.07, 6.45) is 8.07. The lowest BCUT2D eigenvalue weighted by Crippen LogP contribution is -2.53. The van der Waals surface area contributed by atoms with Gasteiger partial charge in [-0.1, -0.05) is 12.2 Å². The molecule has 3 rings (SSSR count). The lowest BCUT2D eigenvalue weighted by atomic mass is 9.70. The average molecular weight is 193 g/mol. The van der Waals surface area contributed by atoms with Gasteiger partial charge in [-0.3, -0.25) is 0 Å². The number of carboxylic acid groups (broad SMARTS) is 1. The Bertz CT molecular complexity index is 296. The van der Waals surface area contributed by atoms with Gasteiger partial charge in [0.25, 0.3) is 0 Å². The van der Waals surface area contributed by atoms with Crippen molar-refractivity contribution in [3.8, 4) is 0 Å². The van der Waals surface area contributed by atoms with Crippen LogP contribution < -0.4 is 0 Å². The summed E-state index contributed by atoms with van der Waals surface area (Å²) < 4.78 is 0. The second-order valence-electron chi connectivity index (χ2n) is 4.72. The van der Waals surface area contributed by atoms with Crippen LogP contribution >= 0.6 is 0 Å². The Morgan fingerprint density at radius 1 is 1.43 bits per heavy atom. The summed E-state index contributed by atoms with van der Waals surface area (Å²) in [7, 11) is 0.